The monoisotopic (exact) mass is 357 g/mol. The van der Waals surface area contributed by atoms with Crippen molar-refractivity contribution in [3.05, 3.63) is 29.8 Å². The Morgan fingerprint density at radius 2 is 1.79 bits per heavy atom. The zero-order valence-corrected chi connectivity index (χ0v) is 15.3. The van der Waals surface area contributed by atoms with Gasteiger partial charge in [-0.2, -0.15) is 0 Å². The summed E-state index contributed by atoms with van der Waals surface area (Å²) in [4.78, 5) is 12.2. The van der Waals surface area contributed by atoms with Crippen LogP contribution in [0, 0.1) is 0 Å². The van der Waals surface area contributed by atoms with Crippen molar-refractivity contribution in [1.29, 1.82) is 0 Å². The van der Waals surface area contributed by atoms with Gasteiger partial charge in [-0.05, 0) is 37.1 Å². The second-order valence-corrected chi connectivity index (χ2v) is 7.43. The molecule has 0 aliphatic rings. The number of hydrogen-bond acceptors (Lipinski definition) is 5. The Morgan fingerprint density at radius 3 is 2.29 bits per heavy atom. The highest BCUT2D eigenvalue weighted by atomic mass is 32.2. The summed E-state index contributed by atoms with van der Waals surface area (Å²) < 4.78 is 31.3. The first-order chi connectivity index (χ1) is 11.3. The summed E-state index contributed by atoms with van der Waals surface area (Å²) in [7, 11) is -2.11. The second-order valence-electron chi connectivity index (χ2n) is 5.67. The number of nitrogens with two attached hydrogens (primary N) is 1. The van der Waals surface area contributed by atoms with Crippen molar-refractivity contribution in [2.45, 2.75) is 37.1 Å². The second kappa shape index (κ2) is 9.12. The Labute approximate surface area is 144 Å². The zero-order chi connectivity index (χ0) is 18.2. The van der Waals surface area contributed by atoms with Gasteiger partial charge in [0.2, 0.25) is 10.0 Å². The predicted octanol–water partition coefficient (Wildman–Crippen LogP) is 0.859. The lowest BCUT2D eigenvalue weighted by Gasteiger charge is -2.26. The summed E-state index contributed by atoms with van der Waals surface area (Å²) in [5.41, 5.74) is 6.11. The zero-order valence-electron chi connectivity index (χ0n) is 14.5. The van der Waals surface area contributed by atoms with E-state index < -0.39 is 15.6 Å². The van der Waals surface area contributed by atoms with Crippen LogP contribution in [0.1, 0.15) is 37.0 Å². The molecule has 0 heterocycles. The Kier molecular flexibility index (Phi) is 7.82. The van der Waals surface area contributed by atoms with Crippen molar-refractivity contribution in [1.82, 2.24) is 10.0 Å². The van der Waals surface area contributed by atoms with Crippen LogP contribution in [-0.4, -0.2) is 46.7 Å². The molecule has 0 bridgehead atoms. The number of hydrogen-bond donors (Lipinski definition) is 3. The SMILES string of the molecule is CCC(N)(CC)CNC(=O)c1ccc(S(=O)(=O)NCCOC)cc1. The van der Waals surface area contributed by atoms with Crippen LogP contribution in [0.25, 0.3) is 0 Å². The van der Waals surface area contributed by atoms with E-state index in [1.54, 1.807) is 0 Å². The molecule has 4 N–H and O–H groups in total. The lowest BCUT2D eigenvalue weighted by molar-refractivity contribution is 0.0942. The molecule has 0 atom stereocenters. The molecule has 0 fully saturated rings. The van der Waals surface area contributed by atoms with Crippen LogP contribution in [0.4, 0.5) is 0 Å². The number of carbonyl (C=O) groups is 1. The van der Waals surface area contributed by atoms with Crippen molar-refractivity contribution in [3.63, 3.8) is 0 Å². The third kappa shape index (κ3) is 5.86. The predicted molar refractivity (Wildman–Crippen MR) is 93.3 cm³/mol. The molecule has 1 aromatic carbocycles. The van der Waals surface area contributed by atoms with Crippen molar-refractivity contribution in [3.8, 4) is 0 Å². The average molecular weight is 357 g/mol. The number of benzene rings is 1. The maximum Gasteiger partial charge on any atom is 0.251 e. The van der Waals surface area contributed by atoms with Crippen LogP contribution in [0.2, 0.25) is 0 Å². The van der Waals surface area contributed by atoms with Crippen LogP contribution < -0.4 is 15.8 Å². The first kappa shape index (κ1) is 20.6. The summed E-state index contributed by atoms with van der Waals surface area (Å²) in [6.45, 7) is 4.80. The first-order valence-corrected chi connectivity index (χ1v) is 9.42. The number of rotatable bonds is 10. The molecule has 0 aliphatic carbocycles. The van der Waals surface area contributed by atoms with E-state index in [1.165, 1.54) is 31.4 Å². The van der Waals surface area contributed by atoms with Gasteiger partial charge in [0.05, 0.1) is 11.5 Å². The van der Waals surface area contributed by atoms with E-state index in [0.29, 0.717) is 12.1 Å². The molecule has 1 aromatic rings. The van der Waals surface area contributed by atoms with E-state index in [4.69, 9.17) is 10.5 Å². The third-order valence-corrected chi connectivity index (χ3v) is 5.51. The Hall–Kier alpha value is -1.48. The highest BCUT2D eigenvalue weighted by molar-refractivity contribution is 7.89. The minimum atomic E-state index is -3.60. The molecule has 1 rings (SSSR count). The van der Waals surface area contributed by atoms with E-state index in [9.17, 15) is 13.2 Å². The van der Waals surface area contributed by atoms with Gasteiger partial charge in [-0.1, -0.05) is 13.8 Å². The number of carbonyl (C=O) groups excluding carboxylic acids is 1. The van der Waals surface area contributed by atoms with Gasteiger partial charge in [0, 0.05) is 31.3 Å². The molecular formula is C16H27N3O4S. The number of ether oxygens (including phenoxy) is 1. The van der Waals surface area contributed by atoms with Gasteiger partial charge in [0.15, 0.2) is 0 Å². The smallest absolute Gasteiger partial charge is 0.251 e. The lowest BCUT2D eigenvalue weighted by atomic mass is 9.94. The number of sulfonamides is 1. The Bertz CT molecular complexity index is 625. The standard InChI is InChI=1S/C16H27N3O4S/c1-4-16(17,5-2)12-18-15(20)13-6-8-14(9-7-13)24(21,22)19-10-11-23-3/h6-9,19H,4-5,10-12,17H2,1-3H3,(H,18,20). The average Bonchev–Trinajstić information content (AvgIpc) is 2.59. The molecule has 0 saturated carbocycles. The van der Waals surface area contributed by atoms with Gasteiger partial charge in [-0.3, -0.25) is 4.79 Å². The topological polar surface area (TPSA) is 111 Å². The van der Waals surface area contributed by atoms with Gasteiger partial charge in [-0.15, -0.1) is 0 Å². The van der Waals surface area contributed by atoms with Crippen molar-refractivity contribution in [2.75, 3.05) is 26.8 Å². The molecule has 0 saturated heterocycles. The minimum Gasteiger partial charge on any atom is -0.383 e. The van der Waals surface area contributed by atoms with Gasteiger partial charge < -0.3 is 15.8 Å². The van der Waals surface area contributed by atoms with Gasteiger partial charge in [0.25, 0.3) is 5.91 Å². The van der Waals surface area contributed by atoms with Crippen molar-refractivity contribution < 1.29 is 17.9 Å². The number of methoxy groups -OCH3 is 1. The maximum atomic E-state index is 12.1. The number of amides is 1. The lowest BCUT2D eigenvalue weighted by Crippen LogP contribution is -2.49. The van der Waals surface area contributed by atoms with Crippen LogP contribution in [-0.2, 0) is 14.8 Å². The van der Waals surface area contributed by atoms with Gasteiger partial charge >= 0.3 is 0 Å². The Morgan fingerprint density at radius 1 is 1.21 bits per heavy atom. The quantitative estimate of drug-likeness (QED) is 0.538. The van der Waals surface area contributed by atoms with E-state index in [2.05, 4.69) is 10.0 Å². The summed E-state index contributed by atoms with van der Waals surface area (Å²) in [5.74, 6) is -0.275. The van der Waals surface area contributed by atoms with Crippen LogP contribution >= 0.6 is 0 Å². The Balaban J connectivity index is 2.71. The molecule has 0 aliphatic heterocycles. The highest BCUT2D eigenvalue weighted by Crippen LogP contribution is 2.12. The molecule has 1 amide bonds. The minimum absolute atomic E-state index is 0.102. The largest absolute Gasteiger partial charge is 0.383 e. The normalized spacial score (nSPS) is 12.2. The van der Waals surface area contributed by atoms with Crippen LogP contribution in [0.5, 0.6) is 0 Å². The first-order valence-electron chi connectivity index (χ1n) is 7.93. The summed E-state index contributed by atoms with van der Waals surface area (Å²) >= 11 is 0. The van der Waals surface area contributed by atoms with Crippen LogP contribution in [0.15, 0.2) is 29.2 Å². The van der Waals surface area contributed by atoms with E-state index in [1.807, 2.05) is 13.8 Å². The van der Waals surface area contributed by atoms with E-state index in [-0.39, 0.29) is 24.0 Å². The molecule has 24 heavy (non-hydrogen) atoms. The summed E-state index contributed by atoms with van der Waals surface area (Å²) in [6.07, 6.45) is 1.52. The molecule has 0 unspecified atom stereocenters. The fourth-order valence-electron chi connectivity index (χ4n) is 2.01. The highest BCUT2D eigenvalue weighted by Gasteiger charge is 2.21. The molecule has 0 spiro atoms. The molecular weight excluding hydrogens is 330 g/mol. The van der Waals surface area contributed by atoms with E-state index >= 15 is 0 Å². The van der Waals surface area contributed by atoms with E-state index in [0.717, 1.165) is 12.8 Å². The molecule has 7 nitrogen and oxygen atoms in total. The van der Waals surface area contributed by atoms with Crippen molar-refractivity contribution in [2.24, 2.45) is 5.73 Å². The molecule has 8 heteroatoms. The fraction of sp³-hybridized carbons (Fsp3) is 0.562. The van der Waals surface area contributed by atoms with Crippen molar-refractivity contribution >= 4 is 15.9 Å². The molecule has 136 valence electrons. The van der Waals surface area contributed by atoms with Gasteiger partial charge in [-0.25, -0.2) is 13.1 Å². The number of nitrogens with one attached hydrogen (secondary N) is 2. The molecule has 0 aromatic heterocycles. The fourth-order valence-corrected chi connectivity index (χ4v) is 3.02. The molecule has 0 radical (unpaired) electrons. The maximum absolute atomic E-state index is 12.1. The third-order valence-electron chi connectivity index (χ3n) is 4.03. The summed E-state index contributed by atoms with van der Waals surface area (Å²) in [5, 5.41) is 2.80. The summed E-state index contributed by atoms with van der Waals surface area (Å²) in [6, 6.07) is 5.77. The van der Waals surface area contributed by atoms with Gasteiger partial charge in [0.1, 0.15) is 0 Å². The van der Waals surface area contributed by atoms with Crippen LogP contribution in [0.3, 0.4) is 0 Å².